The van der Waals surface area contributed by atoms with Gasteiger partial charge in [0.15, 0.2) is 5.78 Å². The van der Waals surface area contributed by atoms with E-state index in [9.17, 15) is 33.6 Å². The van der Waals surface area contributed by atoms with E-state index in [2.05, 4.69) is 21.3 Å². The van der Waals surface area contributed by atoms with Gasteiger partial charge in [0.2, 0.25) is 23.6 Å². The van der Waals surface area contributed by atoms with Crippen molar-refractivity contribution in [2.24, 2.45) is 5.92 Å². The highest BCUT2D eigenvalue weighted by Gasteiger charge is 2.26. The average Bonchev–Trinajstić information content (AvgIpc) is 2.92. The van der Waals surface area contributed by atoms with Crippen molar-refractivity contribution in [3.8, 4) is 0 Å². The zero-order chi connectivity index (χ0) is 34.2. The SMILES string of the molecule is CC(=O)N[C@@H](CC(=O)O)C(=O)NCC(=O)NC(C(=O)NCC(=O)CCCc1ccccc1)C(C)C.CC(=O)O.CCC(=O)O. The van der Waals surface area contributed by atoms with Gasteiger partial charge in [-0.25, -0.2) is 0 Å². The third-order valence-electron chi connectivity index (χ3n) is 5.29. The summed E-state index contributed by atoms with van der Waals surface area (Å²) in [7, 11) is 0. The third-order valence-corrected chi connectivity index (χ3v) is 5.29. The van der Waals surface area contributed by atoms with Gasteiger partial charge in [0.25, 0.3) is 5.97 Å². The summed E-state index contributed by atoms with van der Waals surface area (Å²) in [4.78, 5) is 89.5. The van der Waals surface area contributed by atoms with Gasteiger partial charge in [-0.1, -0.05) is 51.1 Å². The molecule has 0 fully saturated rings. The highest BCUT2D eigenvalue weighted by atomic mass is 16.4. The van der Waals surface area contributed by atoms with E-state index >= 15 is 0 Å². The van der Waals surface area contributed by atoms with Crippen LogP contribution in [0.4, 0.5) is 0 Å². The Morgan fingerprint density at radius 1 is 0.773 bits per heavy atom. The number of carboxylic acids is 3. The van der Waals surface area contributed by atoms with Gasteiger partial charge >= 0.3 is 11.9 Å². The van der Waals surface area contributed by atoms with Gasteiger partial charge in [0.05, 0.1) is 19.5 Å². The molecule has 0 aliphatic carbocycles. The molecule has 1 unspecified atom stereocenters. The van der Waals surface area contributed by atoms with Gasteiger partial charge in [-0.2, -0.15) is 0 Å². The second-order valence-electron chi connectivity index (χ2n) is 9.72. The van der Waals surface area contributed by atoms with E-state index in [0.29, 0.717) is 12.8 Å². The maximum atomic E-state index is 12.5. The van der Waals surface area contributed by atoms with Gasteiger partial charge in [-0.15, -0.1) is 0 Å². The highest BCUT2D eigenvalue weighted by molar-refractivity contribution is 5.94. The maximum absolute atomic E-state index is 12.5. The monoisotopic (exact) mass is 624 g/mol. The lowest BCUT2D eigenvalue weighted by Crippen LogP contribution is -2.54. The summed E-state index contributed by atoms with van der Waals surface area (Å²) in [5.41, 5.74) is 1.13. The molecule has 15 nitrogen and oxygen atoms in total. The number of ketones is 1. The Balaban J connectivity index is 0. The van der Waals surface area contributed by atoms with E-state index in [1.54, 1.807) is 20.8 Å². The van der Waals surface area contributed by atoms with Crippen molar-refractivity contribution in [3.63, 3.8) is 0 Å². The molecule has 0 aliphatic heterocycles. The Morgan fingerprint density at radius 2 is 1.30 bits per heavy atom. The number of carboxylic acid groups (broad SMARTS) is 3. The zero-order valence-electron chi connectivity index (χ0n) is 25.7. The Hall–Kier alpha value is -4.82. The molecule has 2 atom stereocenters. The minimum absolute atomic E-state index is 0.127. The summed E-state index contributed by atoms with van der Waals surface area (Å²) in [6.45, 7) is 6.56. The summed E-state index contributed by atoms with van der Waals surface area (Å²) >= 11 is 0. The van der Waals surface area contributed by atoms with Crippen molar-refractivity contribution in [2.45, 2.75) is 78.8 Å². The number of benzene rings is 1. The summed E-state index contributed by atoms with van der Waals surface area (Å²) in [5.74, 6) is -5.96. The first-order chi connectivity index (χ1) is 20.5. The lowest BCUT2D eigenvalue weighted by Gasteiger charge is -2.22. The molecule has 0 saturated heterocycles. The lowest BCUT2D eigenvalue weighted by molar-refractivity contribution is -0.140. The number of nitrogens with one attached hydrogen (secondary N) is 4. The number of carbonyl (C=O) groups excluding carboxylic acids is 5. The highest BCUT2D eigenvalue weighted by Crippen LogP contribution is 2.05. The van der Waals surface area contributed by atoms with Gasteiger partial charge in [-0.3, -0.25) is 38.4 Å². The standard InChI is InChI=1S/C24H34N4O7.C3H6O2.C2H4O2/c1-15(2)22(24(35)25-13-18(30)11-7-10-17-8-5-4-6-9-17)28-20(31)14-26-23(34)19(12-21(32)33)27-16(3)29;1-2-3(4)5;1-2(3)4/h4-6,8-9,15,19,22H,7,10-14H2,1-3H3,(H,25,35)(H,26,34)(H,27,29)(H,28,31)(H,32,33);2H2,1H3,(H,4,5);1H3,(H,3,4)/t19-,22?;;/m0../s1. The lowest BCUT2D eigenvalue weighted by atomic mass is 10.0. The number of aryl methyl sites for hydroxylation is 1. The Labute approximate surface area is 256 Å². The molecule has 4 amide bonds. The topological polar surface area (TPSA) is 245 Å². The van der Waals surface area contributed by atoms with Crippen LogP contribution in [-0.4, -0.2) is 87.8 Å². The van der Waals surface area contributed by atoms with Crippen molar-refractivity contribution in [1.82, 2.24) is 21.3 Å². The number of aliphatic carboxylic acids is 3. The molecule has 0 bridgehead atoms. The van der Waals surface area contributed by atoms with E-state index in [1.165, 1.54) is 0 Å². The third kappa shape index (κ3) is 23.8. The number of Topliss-reactive ketones (excluding diaryl/α,β-unsaturated/α-hetero) is 1. The Morgan fingerprint density at radius 3 is 1.75 bits per heavy atom. The van der Waals surface area contributed by atoms with Crippen molar-refractivity contribution < 1.29 is 53.7 Å². The molecular formula is C29H44N4O11. The molecule has 1 aromatic carbocycles. The molecule has 1 aromatic rings. The fraction of sp³-hybridized carbons (Fsp3) is 0.517. The summed E-state index contributed by atoms with van der Waals surface area (Å²) in [6.07, 6.45) is 1.30. The molecule has 0 radical (unpaired) electrons. The molecule has 0 aromatic heterocycles. The number of hydrogen-bond acceptors (Lipinski definition) is 8. The quantitative estimate of drug-likeness (QED) is 0.133. The molecule has 15 heteroatoms. The van der Waals surface area contributed by atoms with Crippen molar-refractivity contribution >= 4 is 47.3 Å². The first kappa shape index (κ1) is 41.3. The number of rotatable bonds is 16. The van der Waals surface area contributed by atoms with Crippen molar-refractivity contribution in [1.29, 1.82) is 0 Å². The van der Waals surface area contributed by atoms with E-state index < -0.39 is 66.6 Å². The van der Waals surface area contributed by atoms with Crippen molar-refractivity contribution in [2.75, 3.05) is 13.1 Å². The molecule has 0 spiro atoms. The molecule has 0 heterocycles. The van der Waals surface area contributed by atoms with E-state index in [-0.39, 0.29) is 24.7 Å². The van der Waals surface area contributed by atoms with Crippen LogP contribution in [0.15, 0.2) is 30.3 Å². The number of amides is 4. The van der Waals surface area contributed by atoms with Gasteiger partial charge in [0.1, 0.15) is 12.1 Å². The smallest absolute Gasteiger partial charge is 0.305 e. The molecule has 246 valence electrons. The molecule has 1 rings (SSSR count). The Kier molecular flexibility index (Phi) is 22.3. The average molecular weight is 625 g/mol. The fourth-order valence-electron chi connectivity index (χ4n) is 3.20. The summed E-state index contributed by atoms with van der Waals surface area (Å²) < 4.78 is 0. The molecule has 7 N–H and O–H groups in total. The minimum atomic E-state index is -1.34. The first-order valence-corrected chi connectivity index (χ1v) is 13.8. The predicted octanol–water partition coefficient (Wildman–Crippen LogP) is 0.503. The largest absolute Gasteiger partial charge is 0.481 e. The second-order valence-corrected chi connectivity index (χ2v) is 9.72. The number of carbonyl (C=O) groups is 8. The van der Waals surface area contributed by atoms with E-state index in [1.807, 2.05) is 30.3 Å². The molecular weight excluding hydrogens is 580 g/mol. The normalized spacial score (nSPS) is 11.1. The Bertz CT molecular complexity index is 1090. The number of hydrogen-bond donors (Lipinski definition) is 7. The second kappa shape index (κ2) is 23.7. The van der Waals surface area contributed by atoms with E-state index in [0.717, 1.165) is 25.8 Å². The van der Waals surface area contributed by atoms with E-state index in [4.69, 9.17) is 20.1 Å². The molecule has 0 aliphatic rings. The fourth-order valence-corrected chi connectivity index (χ4v) is 3.20. The van der Waals surface area contributed by atoms with Crippen LogP contribution in [0.5, 0.6) is 0 Å². The van der Waals surface area contributed by atoms with Gasteiger partial charge in [-0.05, 0) is 24.3 Å². The zero-order valence-corrected chi connectivity index (χ0v) is 25.7. The minimum Gasteiger partial charge on any atom is -0.481 e. The molecule has 0 saturated carbocycles. The van der Waals surface area contributed by atoms with Crippen LogP contribution in [-0.2, 0) is 44.8 Å². The van der Waals surface area contributed by atoms with Crippen LogP contribution < -0.4 is 21.3 Å². The van der Waals surface area contributed by atoms with Crippen molar-refractivity contribution in [3.05, 3.63) is 35.9 Å². The van der Waals surface area contributed by atoms with Crippen LogP contribution in [0.3, 0.4) is 0 Å². The van der Waals surface area contributed by atoms with Crippen LogP contribution >= 0.6 is 0 Å². The molecule has 44 heavy (non-hydrogen) atoms. The predicted molar refractivity (Wildman–Crippen MR) is 158 cm³/mol. The summed E-state index contributed by atoms with van der Waals surface area (Å²) in [5, 5.41) is 33.5. The van der Waals surface area contributed by atoms with Crippen LogP contribution in [0.25, 0.3) is 0 Å². The first-order valence-electron chi connectivity index (χ1n) is 13.8. The maximum Gasteiger partial charge on any atom is 0.305 e. The summed E-state index contributed by atoms with van der Waals surface area (Å²) in [6, 6.07) is 7.47. The van der Waals surface area contributed by atoms with Gasteiger partial charge in [0, 0.05) is 26.7 Å². The van der Waals surface area contributed by atoms with Crippen LogP contribution in [0, 0.1) is 5.92 Å². The van der Waals surface area contributed by atoms with Gasteiger partial charge < -0.3 is 36.6 Å². The van der Waals surface area contributed by atoms with Crippen LogP contribution in [0.1, 0.15) is 65.9 Å². The van der Waals surface area contributed by atoms with Crippen LogP contribution in [0.2, 0.25) is 0 Å².